The third-order valence-electron chi connectivity index (χ3n) is 4.96. The molecule has 1 atom stereocenters. The molecule has 1 N–H and O–H groups in total. The summed E-state index contributed by atoms with van der Waals surface area (Å²) in [6.45, 7) is 5.05. The van der Waals surface area contributed by atoms with Crippen LogP contribution in [-0.4, -0.2) is 61.7 Å². The summed E-state index contributed by atoms with van der Waals surface area (Å²) in [6.07, 6.45) is 0.885. The van der Waals surface area contributed by atoms with Crippen molar-refractivity contribution in [2.75, 3.05) is 26.2 Å². The second kappa shape index (κ2) is 6.76. The molecule has 0 bridgehead atoms. The molecule has 1 aromatic rings. The fourth-order valence-corrected chi connectivity index (χ4v) is 4.70. The smallest absolute Gasteiger partial charge is 0.245 e. The largest absolute Gasteiger partial charge is 0.344 e. The van der Waals surface area contributed by atoms with Gasteiger partial charge in [-0.1, -0.05) is 6.07 Å². The monoisotopic (exact) mass is 365 g/mol. The summed E-state index contributed by atoms with van der Waals surface area (Å²) in [5.41, 5.74) is 1.99. The number of nitrogens with one attached hydrogen (secondary N) is 1. The predicted octanol–water partition coefficient (Wildman–Crippen LogP) is 0.415. The van der Waals surface area contributed by atoms with Gasteiger partial charge in [0.05, 0.1) is 4.90 Å². The Morgan fingerprint density at radius 2 is 1.80 bits per heavy atom. The van der Waals surface area contributed by atoms with E-state index < -0.39 is 16.1 Å². The second-order valence-corrected chi connectivity index (χ2v) is 8.57. The van der Waals surface area contributed by atoms with Crippen LogP contribution in [0.3, 0.4) is 0 Å². The van der Waals surface area contributed by atoms with E-state index in [2.05, 4.69) is 5.32 Å². The third kappa shape index (κ3) is 3.55. The molecule has 1 aromatic carbocycles. The summed E-state index contributed by atoms with van der Waals surface area (Å²) < 4.78 is 27.0. The van der Waals surface area contributed by atoms with E-state index in [1.165, 1.54) is 4.31 Å². The van der Waals surface area contributed by atoms with Gasteiger partial charge in [0, 0.05) is 32.6 Å². The lowest BCUT2D eigenvalue weighted by molar-refractivity contribution is -0.135. The molecule has 0 aromatic heterocycles. The highest BCUT2D eigenvalue weighted by atomic mass is 32.2. The number of carbonyl (C=O) groups is 2. The average Bonchev–Trinajstić information content (AvgIpc) is 3.03. The van der Waals surface area contributed by atoms with Gasteiger partial charge in [-0.05, 0) is 43.5 Å². The maximum Gasteiger partial charge on any atom is 0.245 e. The van der Waals surface area contributed by atoms with Crippen LogP contribution in [0.5, 0.6) is 0 Å². The normalized spacial score (nSPS) is 22.1. The highest BCUT2D eigenvalue weighted by Crippen LogP contribution is 2.21. The lowest BCUT2D eigenvalue weighted by Gasteiger charge is -2.35. The van der Waals surface area contributed by atoms with E-state index in [1.54, 1.807) is 17.0 Å². The van der Waals surface area contributed by atoms with Crippen molar-refractivity contribution in [3.63, 3.8) is 0 Å². The van der Waals surface area contributed by atoms with E-state index in [-0.39, 0.29) is 24.9 Å². The molecule has 136 valence electrons. The zero-order valence-electron chi connectivity index (χ0n) is 14.5. The van der Waals surface area contributed by atoms with Gasteiger partial charge in [-0.2, -0.15) is 4.31 Å². The Labute approximate surface area is 148 Å². The van der Waals surface area contributed by atoms with Crippen molar-refractivity contribution in [2.24, 2.45) is 0 Å². The molecule has 2 aliphatic rings. The minimum atomic E-state index is -3.55. The lowest BCUT2D eigenvalue weighted by atomic mass is 10.1. The molecule has 1 unspecified atom stereocenters. The van der Waals surface area contributed by atoms with Crippen LogP contribution >= 0.6 is 0 Å². The van der Waals surface area contributed by atoms with E-state index in [9.17, 15) is 18.0 Å². The van der Waals surface area contributed by atoms with Crippen molar-refractivity contribution in [3.8, 4) is 0 Å². The molecular formula is C17H23N3O4S. The van der Waals surface area contributed by atoms with Crippen LogP contribution in [0.25, 0.3) is 0 Å². The van der Waals surface area contributed by atoms with Crippen molar-refractivity contribution in [2.45, 2.75) is 37.6 Å². The van der Waals surface area contributed by atoms with Gasteiger partial charge in [-0.15, -0.1) is 0 Å². The molecule has 7 nitrogen and oxygen atoms in total. The first kappa shape index (κ1) is 17.9. The van der Waals surface area contributed by atoms with Gasteiger partial charge in [0.25, 0.3) is 0 Å². The number of benzene rings is 1. The number of sulfonamides is 1. The Hall–Kier alpha value is -1.93. The number of amides is 2. The van der Waals surface area contributed by atoms with E-state index in [0.717, 1.165) is 11.1 Å². The number of carbonyl (C=O) groups excluding carboxylic acids is 2. The van der Waals surface area contributed by atoms with Gasteiger partial charge in [-0.25, -0.2) is 8.42 Å². The molecule has 0 aliphatic carbocycles. The summed E-state index contributed by atoms with van der Waals surface area (Å²) in [7, 11) is -3.55. The fourth-order valence-electron chi connectivity index (χ4n) is 3.19. The Bertz CT molecular complexity index is 798. The molecule has 0 spiro atoms. The van der Waals surface area contributed by atoms with Gasteiger partial charge in [0.1, 0.15) is 6.04 Å². The fraction of sp³-hybridized carbons (Fsp3) is 0.529. The highest BCUT2D eigenvalue weighted by Gasteiger charge is 2.35. The Morgan fingerprint density at radius 1 is 1.12 bits per heavy atom. The van der Waals surface area contributed by atoms with E-state index in [4.69, 9.17) is 0 Å². The molecular weight excluding hydrogens is 342 g/mol. The van der Waals surface area contributed by atoms with Crippen molar-refractivity contribution in [1.82, 2.24) is 14.5 Å². The summed E-state index contributed by atoms with van der Waals surface area (Å²) in [4.78, 5) is 25.6. The van der Waals surface area contributed by atoms with Gasteiger partial charge in [0.2, 0.25) is 21.8 Å². The molecule has 0 saturated carbocycles. The summed E-state index contributed by atoms with van der Waals surface area (Å²) in [6, 6.07) is 4.67. The maximum absolute atomic E-state index is 12.8. The second-order valence-electron chi connectivity index (χ2n) is 6.63. The first-order valence-electron chi connectivity index (χ1n) is 8.44. The summed E-state index contributed by atoms with van der Waals surface area (Å²) in [5.74, 6) is -0.219. The van der Waals surface area contributed by atoms with E-state index >= 15 is 0 Å². The zero-order chi connectivity index (χ0) is 18.2. The van der Waals surface area contributed by atoms with Crippen LogP contribution in [0.4, 0.5) is 0 Å². The number of aryl methyl sites for hydroxylation is 2. The van der Waals surface area contributed by atoms with Crippen LogP contribution < -0.4 is 5.32 Å². The third-order valence-corrected chi connectivity index (χ3v) is 6.85. The predicted molar refractivity (Wildman–Crippen MR) is 92.4 cm³/mol. The lowest BCUT2D eigenvalue weighted by Crippen LogP contribution is -2.54. The quantitative estimate of drug-likeness (QED) is 0.841. The minimum Gasteiger partial charge on any atom is -0.344 e. The van der Waals surface area contributed by atoms with E-state index in [1.807, 2.05) is 19.9 Å². The van der Waals surface area contributed by atoms with Crippen LogP contribution in [0.1, 0.15) is 24.0 Å². The standard InChI is InChI=1S/C17H23N3O4S/c1-12-3-4-14(11-13(12)2)25(23,24)20-9-7-19(8-10-20)17(22)15-5-6-16(21)18-15/h3-4,11,15H,5-10H2,1-2H3,(H,18,21). The number of piperazine rings is 1. The first-order chi connectivity index (χ1) is 11.8. The molecule has 2 saturated heterocycles. The number of rotatable bonds is 3. The Morgan fingerprint density at radius 3 is 2.36 bits per heavy atom. The topological polar surface area (TPSA) is 86.8 Å². The van der Waals surface area contributed by atoms with Crippen LogP contribution in [0, 0.1) is 13.8 Å². The average molecular weight is 365 g/mol. The van der Waals surface area contributed by atoms with Crippen molar-refractivity contribution < 1.29 is 18.0 Å². The zero-order valence-corrected chi connectivity index (χ0v) is 15.3. The molecule has 2 amide bonds. The maximum atomic E-state index is 12.8. The van der Waals surface area contributed by atoms with Gasteiger partial charge in [-0.3, -0.25) is 9.59 Å². The minimum absolute atomic E-state index is 0.102. The molecule has 8 heteroatoms. The Kier molecular flexibility index (Phi) is 4.83. The Balaban J connectivity index is 1.66. The van der Waals surface area contributed by atoms with E-state index in [0.29, 0.717) is 30.8 Å². The number of hydrogen-bond acceptors (Lipinski definition) is 4. The molecule has 2 heterocycles. The summed E-state index contributed by atoms with van der Waals surface area (Å²) in [5, 5.41) is 2.67. The van der Waals surface area contributed by atoms with Crippen molar-refractivity contribution in [3.05, 3.63) is 29.3 Å². The number of hydrogen-bond donors (Lipinski definition) is 1. The van der Waals surface area contributed by atoms with Crippen LogP contribution in [-0.2, 0) is 19.6 Å². The molecule has 2 fully saturated rings. The van der Waals surface area contributed by atoms with Gasteiger partial charge in [0.15, 0.2) is 0 Å². The molecule has 0 radical (unpaired) electrons. The highest BCUT2D eigenvalue weighted by molar-refractivity contribution is 7.89. The van der Waals surface area contributed by atoms with Crippen LogP contribution in [0.15, 0.2) is 23.1 Å². The van der Waals surface area contributed by atoms with Crippen LogP contribution in [0.2, 0.25) is 0 Å². The SMILES string of the molecule is Cc1ccc(S(=O)(=O)N2CCN(C(=O)C3CCC(=O)N3)CC2)cc1C. The first-order valence-corrected chi connectivity index (χ1v) is 9.88. The molecule has 2 aliphatic heterocycles. The van der Waals surface area contributed by atoms with Gasteiger partial charge >= 0.3 is 0 Å². The van der Waals surface area contributed by atoms with Crippen molar-refractivity contribution in [1.29, 1.82) is 0 Å². The van der Waals surface area contributed by atoms with Crippen molar-refractivity contribution >= 4 is 21.8 Å². The van der Waals surface area contributed by atoms with Gasteiger partial charge < -0.3 is 10.2 Å². The molecule has 25 heavy (non-hydrogen) atoms. The number of nitrogens with zero attached hydrogens (tertiary/aromatic N) is 2. The summed E-state index contributed by atoms with van der Waals surface area (Å²) >= 11 is 0. The molecule has 3 rings (SSSR count).